The van der Waals surface area contributed by atoms with Gasteiger partial charge in [-0.2, -0.15) is 0 Å². The first-order valence-corrected chi connectivity index (χ1v) is 6.88. The quantitative estimate of drug-likeness (QED) is 0.644. The van der Waals surface area contributed by atoms with E-state index in [1.807, 2.05) is 13.8 Å². The number of carbonyl (C=O) groups is 2. The highest BCUT2D eigenvalue weighted by Gasteiger charge is 2.37. The minimum absolute atomic E-state index is 0.151. The lowest BCUT2D eigenvalue weighted by Crippen LogP contribution is -2.45. The van der Waals surface area contributed by atoms with Crippen LogP contribution in [0.25, 0.3) is 0 Å². The fraction of sp³-hybridized carbons (Fsp3) is 0.857. The zero-order chi connectivity index (χ0) is 15.7. The summed E-state index contributed by atoms with van der Waals surface area (Å²) in [5.74, 6) is -1.55. The molecule has 0 unspecified atom stereocenters. The molecule has 0 spiro atoms. The number of rotatable bonds is 9. The molecule has 1 N–H and O–H groups in total. The molecule has 118 valence electrons. The highest BCUT2D eigenvalue weighted by Crippen LogP contribution is 2.18. The van der Waals surface area contributed by atoms with Crippen molar-refractivity contribution < 1.29 is 28.9 Å². The summed E-state index contributed by atoms with van der Waals surface area (Å²) in [7, 11) is 2.32. The molecular weight excluding hydrogens is 264 g/mol. The largest absolute Gasteiger partial charge is 0.467 e. The maximum Gasteiger partial charge on any atom is 0.338 e. The standard InChI is InChI=1S/C14H26O6/c1-6-7-8-10(9(2)3)20-12(14(17)19-5)11(15)13(16)18-4/h9-12,15H,6-8H2,1-5H3/t10-,11+,12+/m0/s1. The third kappa shape index (κ3) is 5.88. The highest BCUT2D eigenvalue weighted by atomic mass is 16.6. The third-order valence-corrected chi connectivity index (χ3v) is 3.07. The van der Waals surface area contributed by atoms with Gasteiger partial charge in [-0.15, -0.1) is 0 Å². The van der Waals surface area contributed by atoms with Crippen LogP contribution in [0.5, 0.6) is 0 Å². The van der Waals surface area contributed by atoms with Gasteiger partial charge in [0.05, 0.1) is 20.3 Å². The van der Waals surface area contributed by atoms with Crippen LogP contribution < -0.4 is 0 Å². The Balaban J connectivity index is 4.93. The fourth-order valence-corrected chi connectivity index (χ4v) is 1.77. The molecule has 0 bridgehead atoms. The topological polar surface area (TPSA) is 82.1 Å². The van der Waals surface area contributed by atoms with Gasteiger partial charge in [0.25, 0.3) is 0 Å². The summed E-state index contributed by atoms with van der Waals surface area (Å²) in [5, 5.41) is 9.83. The van der Waals surface area contributed by atoms with Crippen LogP contribution in [-0.2, 0) is 23.8 Å². The molecule has 3 atom stereocenters. The van der Waals surface area contributed by atoms with Gasteiger partial charge in [-0.25, -0.2) is 9.59 Å². The summed E-state index contributed by atoms with van der Waals surface area (Å²) in [5.41, 5.74) is 0. The maximum atomic E-state index is 11.7. The molecule has 0 rings (SSSR count). The van der Waals surface area contributed by atoms with Crippen molar-refractivity contribution in [3.05, 3.63) is 0 Å². The third-order valence-electron chi connectivity index (χ3n) is 3.07. The van der Waals surface area contributed by atoms with E-state index in [1.165, 1.54) is 7.11 Å². The van der Waals surface area contributed by atoms with Crippen molar-refractivity contribution in [2.75, 3.05) is 14.2 Å². The Morgan fingerprint density at radius 2 is 1.65 bits per heavy atom. The van der Waals surface area contributed by atoms with Crippen LogP contribution in [0.15, 0.2) is 0 Å². The van der Waals surface area contributed by atoms with Gasteiger partial charge in [-0.3, -0.25) is 0 Å². The van der Waals surface area contributed by atoms with Crippen LogP contribution in [0.3, 0.4) is 0 Å². The van der Waals surface area contributed by atoms with Crippen molar-refractivity contribution in [2.24, 2.45) is 5.92 Å². The molecule has 0 saturated carbocycles. The molecule has 0 aliphatic heterocycles. The summed E-state index contributed by atoms with van der Waals surface area (Å²) in [6.45, 7) is 5.97. The van der Waals surface area contributed by atoms with Crippen molar-refractivity contribution >= 4 is 11.9 Å². The molecule has 6 heteroatoms. The Kier molecular flexibility index (Phi) is 9.16. The highest BCUT2D eigenvalue weighted by molar-refractivity contribution is 5.85. The van der Waals surface area contributed by atoms with E-state index >= 15 is 0 Å². The van der Waals surface area contributed by atoms with E-state index in [2.05, 4.69) is 16.4 Å². The normalized spacial score (nSPS) is 15.6. The lowest BCUT2D eigenvalue weighted by Gasteiger charge is -2.27. The second-order valence-corrected chi connectivity index (χ2v) is 4.97. The molecule has 0 aromatic rings. The fourth-order valence-electron chi connectivity index (χ4n) is 1.77. The molecule has 0 amide bonds. The number of aliphatic hydroxyl groups excluding tert-OH is 1. The molecule has 0 fully saturated rings. The van der Waals surface area contributed by atoms with Crippen molar-refractivity contribution in [1.82, 2.24) is 0 Å². The number of esters is 2. The van der Waals surface area contributed by atoms with Gasteiger partial charge in [0, 0.05) is 0 Å². The summed E-state index contributed by atoms with van der Waals surface area (Å²) >= 11 is 0. The monoisotopic (exact) mass is 290 g/mol. The van der Waals surface area contributed by atoms with E-state index in [1.54, 1.807) is 0 Å². The average Bonchev–Trinajstić information content (AvgIpc) is 2.44. The Morgan fingerprint density at radius 1 is 1.10 bits per heavy atom. The van der Waals surface area contributed by atoms with E-state index in [4.69, 9.17) is 4.74 Å². The second kappa shape index (κ2) is 9.72. The Hall–Kier alpha value is -1.14. The van der Waals surface area contributed by atoms with Gasteiger partial charge >= 0.3 is 11.9 Å². The molecule has 0 aromatic carbocycles. The minimum atomic E-state index is -1.68. The first-order chi connectivity index (χ1) is 9.38. The minimum Gasteiger partial charge on any atom is -0.467 e. The number of ether oxygens (including phenoxy) is 3. The lowest BCUT2D eigenvalue weighted by atomic mass is 10.0. The van der Waals surface area contributed by atoms with E-state index in [0.29, 0.717) is 0 Å². The molecule has 20 heavy (non-hydrogen) atoms. The SMILES string of the molecule is CCCC[C@H](O[C@@H](C(=O)OC)[C@@H](O)C(=O)OC)C(C)C. The second-order valence-electron chi connectivity index (χ2n) is 4.97. The van der Waals surface area contributed by atoms with Gasteiger partial charge in [0.2, 0.25) is 0 Å². The van der Waals surface area contributed by atoms with Crippen LogP contribution in [0.1, 0.15) is 40.0 Å². The number of unbranched alkanes of at least 4 members (excludes halogenated alkanes) is 1. The molecule has 0 heterocycles. The summed E-state index contributed by atoms with van der Waals surface area (Å²) in [6.07, 6.45) is -0.610. The van der Waals surface area contributed by atoms with E-state index in [0.717, 1.165) is 26.4 Å². The first-order valence-electron chi connectivity index (χ1n) is 6.88. The predicted molar refractivity (Wildman–Crippen MR) is 73.1 cm³/mol. The molecule has 0 aliphatic carbocycles. The number of hydrogen-bond donors (Lipinski definition) is 1. The zero-order valence-corrected chi connectivity index (χ0v) is 12.9. The predicted octanol–water partition coefficient (Wildman–Crippen LogP) is 1.29. The van der Waals surface area contributed by atoms with Gasteiger partial charge in [0.15, 0.2) is 12.2 Å². The van der Waals surface area contributed by atoms with Crippen molar-refractivity contribution in [3.63, 3.8) is 0 Å². The molecule has 0 saturated heterocycles. The average molecular weight is 290 g/mol. The molecule has 0 aromatic heterocycles. The van der Waals surface area contributed by atoms with Crippen LogP contribution in [0.4, 0.5) is 0 Å². The number of methoxy groups -OCH3 is 2. The van der Waals surface area contributed by atoms with Crippen LogP contribution in [0.2, 0.25) is 0 Å². The summed E-state index contributed by atoms with van der Waals surface area (Å²) in [4.78, 5) is 23.1. The maximum absolute atomic E-state index is 11.7. The van der Waals surface area contributed by atoms with Crippen LogP contribution in [0, 0.1) is 5.92 Å². The van der Waals surface area contributed by atoms with Crippen LogP contribution in [-0.4, -0.2) is 49.6 Å². The zero-order valence-electron chi connectivity index (χ0n) is 12.9. The summed E-state index contributed by atoms with van der Waals surface area (Å²) < 4.78 is 14.6. The Labute approximate surface area is 120 Å². The smallest absolute Gasteiger partial charge is 0.338 e. The molecule has 0 radical (unpaired) electrons. The Bertz CT molecular complexity index is 302. The van der Waals surface area contributed by atoms with E-state index < -0.39 is 24.1 Å². The van der Waals surface area contributed by atoms with Gasteiger partial charge < -0.3 is 19.3 Å². The molecular formula is C14H26O6. The number of aliphatic hydroxyl groups is 1. The number of hydrogen-bond acceptors (Lipinski definition) is 6. The Morgan fingerprint density at radius 3 is 2.05 bits per heavy atom. The van der Waals surface area contributed by atoms with Gasteiger partial charge in [-0.05, 0) is 12.3 Å². The first kappa shape index (κ1) is 18.9. The number of carbonyl (C=O) groups excluding carboxylic acids is 2. The van der Waals surface area contributed by atoms with Crippen molar-refractivity contribution in [1.29, 1.82) is 0 Å². The van der Waals surface area contributed by atoms with Crippen LogP contribution >= 0.6 is 0 Å². The molecule has 0 aliphatic rings. The van der Waals surface area contributed by atoms with Crippen molar-refractivity contribution in [2.45, 2.75) is 58.3 Å². The lowest BCUT2D eigenvalue weighted by molar-refractivity contribution is -0.182. The molecule has 6 nitrogen and oxygen atoms in total. The van der Waals surface area contributed by atoms with E-state index in [9.17, 15) is 14.7 Å². The van der Waals surface area contributed by atoms with E-state index in [-0.39, 0.29) is 12.0 Å². The van der Waals surface area contributed by atoms with Gasteiger partial charge in [0.1, 0.15) is 0 Å². The van der Waals surface area contributed by atoms with Crippen molar-refractivity contribution in [3.8, 4) is 0 Å². The summed E-state index contributed by atoms with van der Waals surface area (Å²) in [6, 6.07) is 0. The van der Waals surface area contributed by atoms with Gasteiger partial charge in [-0.1, -0.05) is 33.6 Å².